The SMILES string of the molecule is CC(C)CN1CCC(N2C[C@H](COc3ccc(F)cc3)OCC2=O)CC1. The van der Waals surface area contributed by atoms with Crippen LogP contribution in [0.2, 0.25) is 0 Å². The fourth-order valence-electron chi connectivity index (χ4n) is 3.75. The summed E-state index contributed by atoms with van der Waals surface area (Å²) in [5.41, 5.74) is 0. The Kier molecular flexibility index (Phi) is 6.48. The van der Waals surface area contributed by atoms with Crippen LogP contribution in [0.15, 0.2) is 24.3 Å². The van der Waals surface area contributed by atoms with Crippen molar-refractivity contribution in [3.8, 4) is 5.75 Å². The lowest BCUT2D eigenvalue weighted by Gasteiger charge is -2.42. The highest BCUT2D eigenvalue weighted by Crippen LogP contribution is 2.21. The number of nitrogens with zero attached hydrogens (tertiary/aromatic N) is 2. The van der Waals surface area contributed by atoms with Crippen LogP contribution in [0.5, 0.6) is 5.75 Å². The number of likely N-dealkylation sites (tertiary alicyclic amines) is 1. The topological polar surface area (TPSA) is 42.0 Å². The Hall–Kier alpha value is -1.66. The molecule has 0 aromatic heterocycles. The van der Waals surface area contributed by atoms with Gasteiger partial charge in [-0.2, -0.15) is 0 Å². The third-order valence-corrected chi connectivity index (χ3v) is 5.03. The number of halogens is 1. The number of piperidine rings is 1. The third-order valence-electron chi connectivity index (χ3n) is 5.03. The largest absolute Gasteiger partial charge is 0.491 e. The third kappa shape index (κ3) is 5.17. The van der Waals surface area contributed by atoms with Crippen LogP contribution in [-0.2, 0) is 9.53 Å². The minimum absolute atomic E-state index is 0.0744. The second-order valence-electron chi connectivity index (χ2n) is 7.67. The Morgan fingerprint density at radius 2 is 1.92 bits per heavy atom. The van der Waals surface area contributed by atoms with Crippen LogP contribution >= 0.6 is 0 Å². The second-order valence-corrected chi connectivity index (χ2v) is 7.67. The van der Waals surface area contributed by atoms with Gasteiger partial charge in [0.15, 0.2) is 0 Å². The number of amides is 1. The number of morpholine rings is 1. The molecule has 0 unspecified atom stereocenters. The average molecular weight is 364 g/mol. The highest BCUT2D eigenvalue weighted by Gasteiger charge is 2.33. The van der Waals surface area contributed by atoms with Gasteiger partial charge >= 0.3 is 0 Å². The molecular formula is C20H29FN2O3. The Labute approximate surface area is 155 Å². The molecule has 0 saturated carbocycles. The first kappa shape index (κ1) is 19.1. The zero-order valence-electron chi connectivity index (χ0n) is 15.7. The van der Waals surface area contributed by atoms with Crippen molar-refractivity contribution in [2.24, 2.45) is 5.92 Å². The Bertz CT molecular complexity index is 585. The molecule has 0 radical (unpaired) electrons. The van der Waals surface area contributed by atoms with E-state index in [9.17, 15) is 9.18 Å². The van der Waals surface area contributed by atoms with Gasteiger partial charge < -0.3 is 19.3 Å². The molecule has 144 valence electrons. The Morgan fingerprint density at radius 3 is 2.58 bits per heavy atom. The first-order chi connectivity index (χ1) is 12.5. The van der Waals surface area contributed by atoms with Crippen molar-refractivity contribution in [1.29, 1.82) is 0 Å². The normalized spacial score (nSPS) is 22.8. The lowest BCUT2D eigenvalue weighted by Crippen LogP contribution is -2.55. The van der Waals surface area contributed by atoms with E-state index in [0.29, 0.717) is 30.9 Å². The summed E-state index contributed by atoms with van der Waals surface area (Å²) in [6.45, 7) is 8.74. The maximum absolute atomic E-state index is 13.0. The van der Waals surface area contributed by atoms with Crippen LogP contribution in [0.1, 0.15) is 26.7 Å². The number of hydrogen-bond acceptors (Lipinski definition) is 4. The molecular weight excluding hydrogens is 335 g/mol. The molecule has 26 heavy (non-hydrogen) atoms. The molecule has 5 nitrogen and oxygen atoms in total. The summed E-state index contributed by atoms with van der Waals surface area (Å²) in [6.07, 6.45) is 1.89. The van der Waals surface area contributed by atoms with Crippen LogP contribution < -0.4 is 4.74 Å². The molecule has 6 heteroatoms. The van der Waals surface area contributed by atoms with Crippen molar-refractivity contribution >= 4 is 5.91 Å². The molecule has 0 aliphatic carbocycles. The predicted molar refractivity (Wildman–Crippen MR) is 97.6 cm³/mol. The quantitative estimate of drug-likeness (QED) is 0.778. The van der Waals surface area contributed by atoms with Gasteiger partial charge in [-0.15, -0.1) is 0 Å². The van der Waals surface area contributed by atoms with Gasteiger partial charge in [0, 0.05) is 25.7 Å². The van der Waals surface area contributed by atoms with E-state index in [1.54, 1.807) is 12.1 Å². The summed E-state index contributed by atoms with van der Waals surface area (Å²) in [7, 11) is 0. The van der Waals surface area contributed by atoms with Crippen molar-refractivity contribution in [3.05, 3.63) is 30.1 Å². The molecule has 2 aliphatic heterocycles. The predicted octanol–water partition coefficient (Wildman–Crippen LogP) is 2.55. The summed E-state index contributed by atoms with van der Waals surface area (Å²) in [5.74, 6) is 1.07. The van der Waals surface area contributed by atoms with Crippen LogP contribution in [0.25, 0.3) is 0 Å². The fourth-order valence-corrected chi connectivity index (χ4v) is 3.75. The first-order valence-electron chi connectivity index (χ1n) is 9.53. The van der Waals surface area contributed by atoms with E-state index in [4.69, 9.17) is 9.47 Å². The van der Waals surface area contributed by atoms with E-state index < -0.39 is 0 Å². The number of rotatable bonds is 6. The molecule has 1 atom stereocenters. The Balaban J connectivity index is 1.49. The van der Waals surface area contributed by atoms with E-state index in [-0.39, 0.29) is 24.4 Å². The number of ether oxygens (including phenoxy) is 2. The molecule has 1 aromatic carbocycles. The molecule has 1 aromatic rings. The van der Waals surface area contributed by atoms with Gasteiger partial charge in [-0.25, -0.2) is 4.39 Å². The lowest BCUT2D eigenvalue weighted by molar-refractivity contribution is -0.155. The Morgan fingerprint density at radius 1 is 1.23 bits per heavy atom. The van der Waals surface area contributed by atoms with Crippen LogP contribution in [0.4, 0.5) is 4.39 Å². The zero-order chi connectivity index (χ0) is 18.5. The van der Waals surface area contributed by atoms with Crippen molar-refractivity contribution in [2.45, 2.75) is 38.8 Å². The summed E-state index contributed by atoms with van der Waals surface area (Å²) >= 11 is 0. The lowest BCUT2D eigenvalue weighted by atomic mass is 10.0. The van der Waals surface area contributed by atoms with Crippen LogP contribution in [0, 0.1) is 11.7 Å². The summed E-state index contributed by atoms with van der Waals surface area (Å²) in [6, 6.07) is 6.25. The van der Waals surface area contributed by atoms with Gasteiger partial charge in [0.2, 0.25) is 5.91 Å². The van der Waals surface area contributed by atoms with E-state index in [1.807, 2.05) is 4.90 Å². The van der Waals surface area contributed by atoms with E-state index in [1.165, 1.54) is 12.1 Å². The van der Waals surface area contributed by atoms with Crippen molar-refractivity contribution in [1.82, 2.24) is 9.80 Å². The van der Waals surface area contributed by atoms with Crippen molar-refractivity contribution < 1.29 is 18.7 Å². The van der Waals surface area contributed by atoms with Gasteiger partial charge in [0.1, 0.15) is 30.9 Å². The molecule has 2 aliphatic rings. The van der Waals surface area contributed by atoms with E-state index >= 15 is 0 Å². The number of carbonyl (C=O) groups is 1. The molecule has 3 rings (SSSR count). The van der Waals surface area contributed by atoms with Crippen LogP contribution in [0.3, 0.4) is 0 Å². The van der Waals surface area contributed by atoms with E-state index in [0.717, 1.165) is 32.5 Å². The maximum Gasteiger partial charge on any atom is 0.248 e. The molecule has 1 amide bonds. The van der Waals surface area contributed by atoms with Gasteiger partial charge in [0.05, 0.1) is 6.54 Å². The molecule has 0 N–H and O–H groups in total. The van der Waals surface area contributed by atoms with Gasteiger partial charge in [0.25, 0.3) is 0 Å². The monoisotopic (exact) mass is 364 g/mol. The van der Waals surface area contributed by atoms with Crippen molar-refractivity contribution in [2.75, 3.05) is 39.4 Å². The van der Waals surface area contributed by atoms with Gasteiger partial charge in [-0.3, -0.25) is 4.79 Å². The van der Waals surface area contributed by atoms with Gasteiger partial charge in [-0.1, -0.05) is 13.8 Å². The van der Waals surface area contributed by atoms with Crippen LogP contribution in [-0.4, -0.2) is 67.2 Å². The summed E-state index contributed by atoms with van der Waals surface area (Å²) in [5, 5.41) is 0. The molecule has 2 saturated heterocycles. The number of hydrogen-bond donors (Lipinski definition) is 0. The average Bonchev–Trinajstić information content (AvgIpc) is 2.63. The smallest absolute Gasteiger partial charge is 0.248 e. The zero-order valence-corrected chi connectivity index (χ0v) is 15.7. The highest BCUT2D eigenvalue weighted by atomic mass is 19.1. The summed E-state index contributed by atoms with van der Waals surface area (Å²) in [4.78, 5) is 16.8. The molecule has 0 bridgehead atoms. The van der Waals surface area contributed by atoms with Gasteiger partial charge in [-0.05, 0) is 43.0 Å². The highest BCUT2D eigenvalue weighted by molar-refractivity contribution is 5.78. The number of carbonyl (C=O) groups excluding carboxylic acids is 1. The number of benzene rings is 1. The molecule has 0 spiro atoms. The minimum Gasteiger partial charge on any atom is -0.491 e. The molecule has 2 heterocycles. The maximum atomic E-state index is 13.0. The summed E-state index contributed by atoms with van der Waals surface area (Å²) < 4.78 is 24.3. The van der Waals surface area contributed by atoms with Crippen molar-refractivity contribution in [3.63, 3.8) is 0 Å². The fraction of sp³-hybridized carbons (Fsp3) is 0.650. The standard InChI is InChI=1S/C20H29FN2O3/c1-15(2)11-22-9-7-17(8-10-22)23-12-19(26-14-20(23)24)13-25-18-5-3-16(21)4-6-18/h3-6,15,17,19H,7-14H2,1-2H3/t19-/m1/s1. The first-order valence-corrected chi connectivity index (χ1v) is 9.53. The van der Waals surface area contributed by atoms with E-state index in [2.05, 4.69) is 18.7 Å². The second kappa shape index (κ2) is 8.82. The molecule has 2 fully saturated rings. The minimum atomic E-state index is -0.285.